The molecule has 2 aromatic rings. The van der Waals surface area contributed by atoms with Crippen LogP contribution in [-0.4, -0.2) is 51.0 Å². The van der Waals surface area contributed by atoms with E-state index in [1.807, 2.05) is 31.4 Å². The van der Waals surface area contributed by atoms with E-state index in [0.29, 0.717) is 29.9 Å². The summed E-state index contributed by atoms with van der Waals surface area (Å²) in [6, 6.07) is 3.93. The molecule has 2 rings (SSSR count). The van der Waals surface area contributed by atoms with Gasteiger partial charge >= 0.3 is 0 Å². The van der Waals surface area contributed by atoms with Crippen molar-refractivity contribution in [3.05, 3.63) is 22.4 Å². The van der Waals surface area contributed by atoms with Crippen molar-refractivity contribution in [1.29, 1.82) is 0 Å². The van der Waals surface area contributed by atoms with E-state index in [4.69, 9.17) is 0 Å². The largest absolute Gasteiger partial charge is 0.343 e. The quantitative estimate of drug-likeness (QED) is 0.438. The lowest BCUT2D eigenvalue weighted by molar-refractivity contribution is -0.127. The average Bonchev–Trinajstić information content (AvgIpc) is 3.18. The van der Waals surface area contributed by atoms with Gasteiger partial charge in [-0.05, 0) is 25.3 Å². The molecule has 0 atom stereocenters. The molecule has 9 heteroatoms. The molecule has 0 fully saturated rings. The summed E-state index contributed by atoms with van der Waals surface area (Å²) < 4.78 is 0. The Morgan fingerprint density at radius 2 is 2.36 bits per heavy atom. The number of hydrazone groups is 1. The Balaban J connectivity index is 1.80. The van der Waals surface area contributed by atoms with E-state index in [0.717, 1.165) is 4.88 Å². The third-order valence-electron chi connectivity index (χ3n) is 2.81. The van der Waals surface area contributed by atoms with E-state index >= 15 is 0 Å². The fourth-order valence-corrected chi connectivity index (χ4v) is 2.96. The number of anilines is 1. The monoisotopic (exact) mass is 338 g/mol. The number of rotatable bonds is 8. The molecule has 0 bridgehead atoms. The van der Waals surface area contributed by atoms with Crippen molar-refractivity contribution >= 4 is 41.2 Å². The number of H-pyrrole nitrogens is 1. The first-order valence-corrected chi connectivity index (χ1v) is 8.75. The second-order valence-electron chi connectivity index (χ2n) is 4.21. The molecule has 0 saturated carbocycles. The van der Waals surface area contributed by atoms with Gasteiger partial charge in [0, 0.05) is 18.0 Å². The SMILES string of the molecule is CCN(CC)C(=O)CSc1n[nH]c(N/N=C/c2cccs2)n1. The van der Waals surface area contributed by atoms with Gasteiger partial charge < -0.3 is 4.90 Å². The minimum Gasteiger partial charge on any atom is -0.343 e. The van der Waals surface area contributed by atoms with Crippen molar-refractivity contribution in [2.45, 2.75) is 19.0 Å². The van der Waals surface area contributed by atoms with Gasteiger partial charge in [-0.15, -0.1) is 16.4 Å². The number of thioether (sulfide) groups is 1. The average molecular weight is 338 g/mol. The summed E-state index contributed by atoms with van der Waals surface area (Å²) >= 11 is 2.90. The molecular weight excluding hydrogens is 320 g/mol. The van der Waals surface area contributed by atoms with Gasteiger partial charge in [0.2, 0.25) is 17.0 Å². The lowest BCUT2D eigenvalue weighted by Gasteiger charge is -2.17. The molecule has 2 aromatic heterocycles. The zero-order valence-electron chi connectivity index (χ0n) is 12.4. The van der Waals surface area contributed by atoms with Crippen molar-refractivity contribution in [3.8, 4) is 0 Å². The van der Waals surface area contributed by atoms with Crippen LogP contribution in [0.5, 0.6) is 0 Å². The Hall–Kier alpha value is -1.87. The van der Waals surface area contributed by atoms with Crippen molar-refractivity contribution in [3.63, 3.8) is 0 Å². The van der Waals surface area contributed by atoms with E-state index in [2.05, 4.69) is 25.7 Å². The molecule has 0 aliphatic rings. The highest BCUT2D eigenvalue weighted by atomic mass is 32.2. The van der Waals surface area contributed by atoms with E-state index < -0.39 is 0 Å². The Morgan fingerprint density at radius 3 is 3.05 bits per heavy atom. The standard InChI is InChI=1S/C13H18N6OS2/c1-3-19(4-2)11(20)9-22-13-15-12(17-18-13)16-14-8-10-6-5-7-21-10/h5-8H,3-4,9H2,1-2H3,(H2,15,16,17,18)/b14-8+. The van der Waals surface area contributed by atoms with Crippen LogP contribution in [0.3, 0.4) is 0 Å². The lowest BCUT2D eigenvalue weighted by Crippen LogP contribution is -2.31. The minimum absolute atomic E-state index is 0.0880. The summed E-state index contributed by atoms with van der Waals surface area (Å²) in [7, 11) is 0. The molecule has 2 N–H and O–H groups in total. The van der Waals surface area contributed by atoms with E-state index in [1.54, 1.807) is 22.5 Å². The van der Waals surface area contributed by atoms with Crippen molar-refractivity contribution in [2.24, 2.45) is 5.10 Å². The summed E-state index contributed by atoms with van der Waals surface area (Å²) in [5.41, 5.74) is 2.77. The minimum atomic E-state index is 0.0880. The molecule has 118 valence electrons. The van der Waals surface area contributed by atoms with Crippen LogP contribution in [0, 0.1) is 0 Å². The van der Waals surface area contributed by atoms with Crippen LogP contribution in [0.1, 0.15) is 18.7 Å². The first-order valence-electron chi connectivity index (χ1n) is 6.88. The Morgan fingerprint density at radius 1 is 1.55 bits per heavy atom. The highest BCUT2D eigenvalue weighted by Gasteiger charge is 2.11. The number of amides is 1. The normalized spacial score (nSPS) is 11.0. The highest BCUT2D eigenvalue weighted by molar-refractivity contribution is 7.99. The van der Waals surface area contributed by atoms with Gasteiger partial charge in [0.05, 0.1) is 12.0 Å². The number of aromatic amines is 1. The van der Waals surface area contributed by atoms with Crippen LogP contribution in [0.25, 0.3) is 0 Å². The lowest BCUT2D eigenvalue weighted by atomic mass is 10.5. The fourth-order valence-electron chi connectivity index (χ4n) is 1.68. The molecule has 7 nitrogen and oxygen atoms in total. The Labute approximate surface area is 137 Å². The van der Waals surface area contributed by atoms with Crippen LogP contribution in [0.2, 0.25) is 0 Å². The first kappa shape index (κ1) is 16.5. The maximum atomic E-state index is 11.9. The Bertz CT molecular complexity index is 606. The van der Waals surface area contributed by atoms with E-state index in [1.165, 1.54) is 11.8 Å². The summed E-state index contributed by atoms with van der Waals surface area (Å²) in [6.45, 7) is 5.36. The van der Waals surface area contributed by atoms with Crippen LogP contribution in [0.4, 0.5) is 5.95 Å². The van der Waals surface area contributed by atoms with E-state index in [-0.39, 0.29) is 5.91 Å². The third kappa shape index (κ3) is 4.85. The maximum Gasteiger partial charge on any atom is 0.240 e. The smallest absolute Gasteiger partial charge is 0.240 e. The van der Waals surface area contributed by atoms with Crippen molar-refractivity contribution in [1.82, 2.24) is 20.1 Å². The van der Waals surface area contributed by atoms with Crippen LogP contribution < -0.4 is 5.43 Å². The third-order valence-corrected chi connectivity index (χ3v) is 4.45. The summed E-state index contributed by atoms with van der Waals surface area (Å²) in [5.74, 6) is 0.868. The number of thiophene rings is 1. The van der Waals surface area contributed by atoms with Gasteiger partial charge in [-0.2, -0.15) is 10.1 Å². The predicted octanol–water partition coefficient (Wildman–Crippen LogP) is 2.27. The summed E-state index contributed by atoms with van der Waals surface area (Å²) in [5, 5.41) is 13.3. The number of hydrogen-bond donors (Lipinski definition) is 2. The molecule has 2 heterocycles. The number of hydrogen-bond acceptors (Lipinski definition) is 7. The predicted molar refractivity (Wildman–Crippen MR) is 90.6 cm³/mol. The number of nitrogens with zero attached hydrogens (tertiary/aromatic N) is 4. The van der Waals surface area contributed by atoms with Crippen LogP contribution >= 0.6 is 23.1 Å². The molecule has 1 amide bonds. The summed E-state index contributed by atoms with van der Waals surface area (Å²) in [6.07, 6.45) is 1.71. The van der Waals surface area contributed by atoms with Crippen molar-refractivity contribution < 1.29 is 4.79 Å². The number of carbonyl (C=O) groups excluding carboxylic acids is 1. The molecule has 0 aliphatic carbocycles. The first-order chi connectivity index (χ1) is 10.7. The van der Waals surface area contributed by atoms with Gasteiger partial charge in [-0.25, -0.2) is 10.5 Å². The molecule has 0 saturated heterocycles. The number of aromatic nitrogens is 3. The fraction of sp³-hybridized carbons (Fsp3) is 0.385. The molecule has 22 heavy (non-hydrogen) atoms. The number of carbonyl (C=O) groups is 1. The van der Waals surface area contributed by atoms with Gasteiger partial charge in [0.15, 0.2) is 0 Å². The molecule has 0 unspecified atom stereocenters. The maximum absolute atomic E-state index is 11.9. The molecule has 0 aromatic carbocycles. The van der Waals surface area contributed by atoms with Crippen molar-refractivity contribution in [2.75, 3.05) is 24.3 Å². The van der Waals surface area contributed by atoms with E-state index in [9.17, 15) is 4.79 Å². The molecular formula is C13H18N6OS2. The van der Waals surface area contributed by atoms with Crippen LogP contribution in [0.15, 0.2) is 27.8 Å². The Kier molecular flexibility index (Phi) is 6.41. The zero-order chi connectivity index (χ0) is 15.8. The molecule has 0 radical (unpaired) electrons. The highest BCUT2D eigenvalue weighted by Crippen LogP contribution is 2.14. The van der Waals surface area contributed by atoms with Gasteiger partial charge in [0.1, 0.15) is 0 Å². The van der Waals surface area contributed by atoms with Crippen LogP contribution in [-0.2, 0) is 4.79 Å². The zero-order valence-corrected chi connectivity index (χ0v) is 14.1. The number of nitrogens with one attached hydrogen (secondary N) is 2. The topological polar surface area (TPSA) is 86.3 Å². The molecule has 0 spiro atoms. The second kappa shape index (κ2) is 8.54. The van der Waals surface area contributed by atoms with Gasteiger partial charge in [-0.3, -0.25) is 4.79 Å². The second-order valence-corrected chi connectivity index (χ2v) is 6.13. The van der Waals surface area contributed by atoms with Gasteiger partial charge in [-0.1, -0.05) is 17.8 Å². The molecule has 0 aliphatic heterocycles. The van der Waals surface area contributed by atoms with Gasteiger partial charge in [0.25, 0.3) is 0 Å². The summed E-state index contributed by atoms with van der Waals surface area (Å²) in [4.78, 5) is 18.9.